The standard InChI is InChI=1S/C15H15N4/c1-2-6-14-16-9-13-15(18-14)19(11-17-13)10-12-7-4-3-5-8-12/h3-5,7-8,11H,2,6,10H2,1H3. The van der Waals surface area contributed by atoms with Crippen LogP contribution in [-0.2, 0) is 13.0 Å². The Hall–Kier alpha value is -2.23. The lowest BCUT2D eigenvalue weighted by molar-refractivity contribution is 0.794. The largest absolute Gasteiger partial charge is 0.311 e. The Morgan fingerprint density at radius 2 is 2.05 bits per heavy atom. The molecule has 3 aromatic rings. The average molecular weight is 251 g/mol. The highest BCUT2D eigenvalue weighted by molar-refractivity contribution is 5.68. The van der Waals surface area contributed by atoms with Crippen LogP contribution in [0.2, 0.25) is 0 Å². The predicted octanol–water partition coefficient (Wildman–Crippen LogP) is 2.63. The minimum Gasteiger partial charge on any atom is -0.311 e. The molecule has 95 valence electrons. The summed E-state index contributed by atoms with van der Waals surface area (Å²) < 4.78 is 2.04. The molecule has 0 fully saturated rings. The Balaban J connectivity index is 1.97. The number of imidazole rings is 1. The van der Waals surface area contributed by atoms with Crippen molar-refractivity contribution in [2.24, 2.45) is 0 Å². The first-order valence-electron chi connectivity index (χ1n) is 6.50. The van der Waals surface area contributed by atoms with Crippen LogP contribution in [0.25, 0.3) is 11.2 Å². The van der Waals surface area contributed by atoms with Gasteiger partial charge in [0, 0.05) is 6.42 Å². The molecule has 0 unspecified atom stereocenters. The Kier molecular flexibility index (Phi) is 3.23. The van der Waals surface area contributed by atoms with Crippen molar-refractivity contribution in [1.29, 1.82) is 0 Å². The van der Waals surface area contributed by atoms with E-state index in [4.69, 9.17) is 0 Å². The molecule has 1 radical (unpaired) electrons. The van der Waals surface area contributed by atoms with Gasteiger partial charge in [-0.1, -0.05) is 37.3 Å². The number of rotatable bonds is 4. The maximum atomic E-state index is 4.58. The van der Waals surface area contributed by atoms with Crippen molar-refractivity contribution in [3.63, 3.8) is 0 Å². The predicted molar refractivity (Wildman–Crippen MR) is 73.7 cm³/mol. The fraction of sp³-hybridized carbons (Fsp3) is 0.267. The molecule has 1 aromatic carbocycles. The van der Waals surface area contributed by atoms with Crippen LogP contribution in [0.5, 0.6) is 0 Å². The van der Waals surface area contributed by atoms with Gasteiger partial charge in [0.05, 0.1) is 12.9 Å². The molecule has 0 aliphatic rings. The second kappa shape index (κ2) is 5.18. The van der Waals surface area contributed by atoms with E-state index in [-0.39, 0.29) is 0 Å². The summed E-state index contributed by atoms with van der Waals surface area (Å²) in [5.41, 5.74) is 2.83. The van der Waals surface area contributed by atoms with Crippen molar-refractivity contribution in [3.05, 3.63) is 54.2 Å². The van der Waals surface area contributed by atoms with Crippen molar-refractivity contribution < 1.29 is 0 Å². The zero-order valence-corrected chi connectivity index (χ0v) is 10.9. The molecule has 0 saturated heterocycles. The van der Waals surface area contributed by atoms with Gasteiger partial charge >= 0.3 is 0 Å². The quantitative estimate of drug-likeness (QED) is 0.716. The van der Waals surface area contributed by atoms with Crippen LogP contribution in [0.3, 0.4) is 0 Å². The first kappa shape index (κ1) is 11.8. The Bertz CT molecular complexity index is 673. The van der Waals surface area contributed by atoms with Crippen LogP contribution in [0.15, 0.2) is 36.7 Å². The van der Waals surface area contributed by atoms with Crippen molar-refractivity contribution in [3.8, 4) is 0 Å². The molecular formula is C15H15N4. The van der Waals surface area contributed by atoms with Gasteiger partial charge in [0.25, 0.3) is 0 Å². The molecule has 4 heteroatoms. The fourth-order valence-electron chi connectivity index (χ4n) is 2.07. The van der Waals surface area contributed by atoms with E-state index >= 15 is 0 Å². The van der Waals surface area contributed by atoms with Gasteiger partial charge in [0.15, 0.2) is 5.65 Å². The second-order valence-electron chi connectivity index (χ2n) is 4.53. The summed E-state index contributed by atoms with van der Waals surface area (Å²) >= 11 is 0. The van der Waals surface area contributed by atoms with Crippen LogP contribution >= 0.6 is 0 Å². The summed E-state index contributed by atoms with van der Waals surface area (Å²) in [6, 6.07) is 10.3. The van der Waals surface area contributed by atoms with E-state index in [1.54, 1.807) is 6.33 Å². The summed E-state index contributed by atoms with van der Waals surface area (Å²) in [6.07, 6.45) is 6.68. The van der Waals surface area contributed by atoms with Gasteiger partial charge in [0.2, 0.25) is 0 Å². The van der Waals surface area contributed by atoms with E-state index in [0.717, 1.165) is 36.4 Å². The molecule has 2 heterocycles. The third kappa shape index (κ3) is 2.47. The van der Waals surface area contributed by atoms with E-state index in [0.29, 0.717) is 0 Å². The summed E-state index contributed by atoms with van der Waals surface area (Å²) in [7, 11) is 0. The van der Waals surface area contributed by atoms with Crippen LogP contribution in [-0.4, -0.2) is 19.5 Å². The number of aryl methyl sites for hydroxylation is 1. The van der Waals surface area contributed by atoms with E-state index in [2.05, 4.69) is 40.2 Å². The van der Waals surface area contributed by atoms with Gasteiger partial charge in [-0.25, -0.2) is 15.0 Å². The minimum absolute atomic E-state index is 0.732. The van der Waals surface area contributed by atoms with Gasteiger partial charge in [-0.15, -0.1) is 0 Å². The number of aromatic nitrogens is 4. The summed E-state index contributed by atoms with van der Waals surface area (Å²) in [5.74, 6) is 0.838. The van der Waals surface area contributed by atoms with Crippen LogP contribution in [0.1, 0.15) is 24.7 Å². The lowest BCUT2D eigenvalue weighted by Gasteiger charge is -2.04. The number of benzene rings is 1. The van der Waals surface area contributed by atoms with E-state index in [1.807, 2.05) is 22.8 Å². The lowest BCUT2D eigenvalue weighted by Crippen LogP contribution is -2.02. The van der Waals surface area contributed by atoms with Gasteiger partial charge in [0.1, 0.15) is 17.5 Å². The molecule has 0 N–H and O–H groups in total. The van der Waals surface area contributed by atoms with Crippen molar-refractivity contribution in [2.75, 3.05) is 0 Å². The molecule has 0 aliphatic carbocycles. The number of hydrogen-bond donors (Lipinski definition) is 0. The van der Waals surface area contributed by atoms with Gasteiger partial charge in [-0.2, -0.15) is 0 Å². The maximum absolute atomic E-state index is 4.58. The number of fused-ring (bicyclic) bond motifs is 1. The van der Waals surface area contributed by atoms with Crippen LogP contribution in [0.4, 0.5) is 0 Å². The third-order valence-electron chi connectivity index (χ3n) is 3.01. The molecule has 4 nitrogen and oxygen atoms in total. The topological polar surface area (TPSA) is 43.6 Å². The molecule has 2 aromatic heterocycles. The normalized spacial score (nSPS) is 11.0. The van der Waals surface area contributed by atoms with E-state index in [9.17, 15) is 0 Å². The van der Waals surface area contributed by atoms with Crippen LogP contribution in [0, 0.1) is 6.20 Å². The Morgan fingerprint density at radius 3 is 2.84 bits per heavy atom. The molecular weight excluding hydrogens is 236 g/mol. The summed E-state index contributed by atoms with van der Waals surface area (Å²) in [4.78, 5) is 13.1. The molecule has 19 heavy (non-hydrogen) atoms. The average Bonchev–Trinajstić information content (AvgIpc) is 2.83. The molecule has 3 rings (SSSR count). The molecule has 0 bridgehead atoms. The monoisotopic (exact) mass is 251 g/mol. The first-order valence-corrected chi connectivity index (χ1v) is 6.50. The fourth-order valence-corrected chi connectivity index (χ4v) is 2.07. The zero-order valence-electron chi connectivity index (χ0n) is 10.9. The Morgan fingerprint density at radius 1 is 1.21 bits per heavy atom. The van der Waals surface area contributed by atoms with E-state index < -0.39 is 0 Å². The van der Waals surface area contributed by atoms with E-state index in [1.165, 1.54) is 5.56 Å². The SMILES string of the molecule is CCCc1n[c]c2ncn(Cc3ccccc3)c2n1. The lowest BCUT2D eigenvalue weighted by atomic mass is 10.2. The third-order valence-corrected chi connectivity index (χ3v) is 3.01. The van der Waals surface area contributed by atoms with Crippen molar-refractivity contribution in [1.82, 2.24) is 19.5 Å². The highest BCUT2D eigenvalue weighted by Gasteiger charge is 2.07. The summed E-state index contributed by atoms with van der Waals surface area (Å²) in [6.45, 7) is 2.89. The highest BCUT2D eigenvalue weighted by Crippen LogP contribution is 2.12. The summed E-state index contributed by atoms with van der Waals surface area (Å²) in [5, 5.41) is 0. The Labute approximate surface area is 112 Å². The van der Waals surface area contributed by atoms with Gasteiger partial charge in [-0.05, 0) is 12.0 Å². The van der Waals surface area contributed by atoms with Gasteiger partial charge in [-0.3, -0.25) is 0 Å². The van der Waals surface area contributed by atoms with Gasteiger partial charge < -0.3 is 4.57 Å². The highest BCUT2D eigenvalue weighted by atomic mass is 15.1. The van der Waals surface area contributed by atoms with Crippen molar-refractivity contribution in [2.45, 2.75) is 26.3 Å². The zero-order chi connectivity index (χ0) is 13.1. The molecule has 0 spiro atoms. The van der Waals surface area contributed by atoms with Crippen LogP contribution < -0.4 is 0 Å². The molecule has 0 aliphatic heterocycles. The minimum atomic E-state index is 0.732. The maximum Gasteiger partial charge on any atom is 0.164 e. The number of nitrogens with zero attached hydrogens (tertiary/aromatic N) is 4. The number of hydrogen-bond acceptors (Lipinski definition) is 3. The van der Waals surface area contributed by atoms with Crippen molar-refractivity contribution >= 4 is 11.2 Å². The smallest absolute Gasteiger partial charge is 0.164 e. The molecule has 0 saturated carbocycles. The molecule has 0 atom stereocenters. The molecule has 0 amide bonds. The first-order chi connectivity index (χ1) is 9.36. The second-order valence-corrected chi connectivity index (χ2v) is 4.53.